The van der Waals surface area contributed by atoms with Gasteiger partial charge in [0.2, 0.25) is 0 Å². The number of ketones is 1. The summed E-state index contributed by atoms with van der Waals surface area (Å²) < 4.78 is 0. The van der Waals surface area contributed by atoms with Gasteiger partial charge in [0.25, 0.3) is 0 Å². The van der Waals surface area contributed by atoms with Crippen LogP contribution in [0.4, 0.5) is 0 Å². The highest BCUT2D eigenvalue weighted by Gasteiger charge is 2.08. The zero-order valence-corrected chi connectivity index (χ0v) is 11.5. The Morgan fingerprint density at radius 1 is 1.29 bits per heavy atom. The number of carbonyl (C=O) groups is 1. The van der Waals surface area contributed by atoms with E-state index in [0.29, 0.717) is 5.75 Å². The number of Topliss-reactive ketones (excluding diaryl/α,β-unsaturated/α-hetero) is 1. The summed E-state index contributed by atoms with van der Waals surface area (Å²) in [6.45, 7) is 4.15. The van der Waals surface area contributed by atoms with E-state index in [1.165, 1.54) is 27.4 Å². The molecule has 0 bridgehead atoms. The molecule has 17 heavy (non-hydrogen) atoms. The molecule has 0 fully saturated rings. The van der Waals surface area contributed by atoms with Crippen LogP contribution in [0.1, 0.15) is 20.8 Å². The molecule has 1 aromatic heterocycles. The van der Waals surface area contributed by atoms with Gasteiger partial charge in [-0.1, -0.05) is 23.8 Å². The molecule has 1 heterocycles. The predicted molar refractivity (Wildman–Crippen MR) is 75.3 cm³/mol. The maximum Gasteiger partial charge on any atom is 0.182 e. The molecule has 0 N–H and O–H groups in total. The van der Waals surface area contributed by atoms with Crippen LogP contribution >= 0.6 is 23.1 Å². The van der Waals surface area contributed by atoms with E-state index in [1.807, 2.05) is 17.5 Å². The van der Waals surface area contributed by atoms with Crippen molar-refractivity contribution in [3.8, 4) is 0 Å². The van der Waals surface area contributed by atoms with Crippen molar-refractivity contribution in [2.45, 2.75) is 18.7 Å². The Morgan fingerprint density at radius 3 is 2.82 bits per heavy atom. The van der Waals surface area contributed by atoms with Crippen molar-refractivity contribution in [2.75, 3.05) is 5.75 Å². The van der Waals surface area contributed by atoms with E-state index in [-0.39, 0.29) is 5.78 Å². The van der Waals surface area contributed by atoms with E-state index >= 15 is 0 Å². The Labute approximate surface area is 110 Å². The Hall–Kier alpha value is -1.06. The molecule has 0 unspecified atom stereocenters. The lowest BCUT2D eigenvalue weighted by Gasteiger charge is -2.05. The van der Waals surface area contributed by atoms with Crippen molar-refractivity contribution in [3.63, 3.8) is 0 Å². The van der Waals surface area contributed by atoms with Crippen LogP contribution in [0.2, 0.25) is 0 Å². The molecule has 1 aromatic carbocycles. The second-order valence-electron chi connectivity index (χ2n) is 3.96. The predicted octanol–water partition coefficient (Wildman–Crippen LogP) is 4.34. The van der Waals surface area contributed by atoms with Gasteiger partial charge >= 0.3 is 0 Å². The van der Waals surface area contributed by atoms with Crippen molar-refractivity contribution in [1.29, 1.82) is 0 Å². The maximum absolute atomic E-state index is 11.9. The zero-order valence-electron chi connectivity index (χ0n) is 9.90. The van der Waals surface area contributed by atoms with Gasteiger partial charge in [-0.2, -0.15) is 0 Å². The molecule has 2 aromatic rings. The van der Waals surface area contributed by atoms with E-state index < -0.39 is 0 Å². The number of carbonyl (C=O) groups excluding carboxylic acids is 1. The summed E-state index contributed by atoms with van der Waals surface area (Å²) in [4.78, 5) is 13.9. The average molecular weight is 262 g/mol. The number of hydrogen-bond acceptors (Lipinski definition) is 3. The van der Waals surface area contributed by atoms with Gasteiger partial charge in [-0.25, -0.2) is 0 Å². The minimum absolute atomic E-state index is 0.214. The summed E-state index contributed by atoms with van der Waals surface area (Å²) >= 11 is 3.14. The summed E-state index contributed by atoms with van der Waals surface area (Å²) in [6.07, 6.45) is 0. The van der Waals surface area contributed by atoms with Gasteiger partial charge in [0.05, 0.1) is 10.6 Å². The second-order valence-corrected chi connectivity index (χ2v) is 5.92. The molecular weight excluding hydrogens is 248 g/mol. The minimum atomic E-state index is 0.214. The maximum atomic E-state index is 11.9. The Bertz CT molecular complexity index is 515. The lowest BCUT2D eigenvalue weighted by molar-refractivity contribution is 0.102. The summed E-state index contributed by atoms with van der Waals surface area (Å²) in [5, 5.41) is 1.94. The SMILES string of the molecule is Cc1ccc(C)c(SCC(=O)c2cccs2)c1. The number of aryl methyl sites for hydroxylation is 2. The lowest BCUT2D eigenvalue weighted by atomic mass is 10.2. The summed E-state index contributed by atoms with van der Waals surface area (Å²) in [6, 6.07) is 10.1. The molecule has 3 heteroatoms. The van der Waals surface area contributed by atoms with E-state index in [4.69, 9.17) is 0 Å². The molecule has 88 valence electrons. The monoisotopic (exact) mass is 262 g/mol. The first-order chi connectivity index (χ1) is 8.16. The van der Waals surface area contributed by atoms with Crippen LogP contribution < -0.4 is 0 Å². The Kier molecular flexibility index (Phi) is 4.02. The van der Waals surface area contributed by atoms with Gasteiger partial charge in [-0.3, -0.25) is 4.79 Å². The molecule has 0 aliphatic carbocycles. The van der Waals surface area contributed by atoms with Crippen LogP contribution in [0.5, 0.6) is 0 Å². The standard InChI is InChI=1S/C14H14OS2/c1-10-5-6-11(2)14(8-10)17-9-12(15)13-4-3-7-16-13/h3-8H,9H2,1-2H3. The fourth-order valence-corrected chi connectivity index (χ4v) is 3.28. The highest BCUT2D eigenvalue weighted by Crippen LogP contribution is 2.25. The van der Waals surface area contributed by atoms with Gasteiger partial charge in [-0.05, 0) is 36.9 Å². The van der Waals surface area contributed by atoms with E-state index in [2.05, 4.69) is 32.0 Å². The first kappa shape index (κ1) is 12.4. The first-order valence-corrected chi connectivity index (χ1v) is 7.30. The Balaban J connectivity index is 2.03. The van der Waals surface area contributed by atoms with Crippen LogP contribution in [0.15, 0.2) is 40.6 Å². The van der Waals surface area contributed by atoms with Crippen molar-refractivity contribution in [2.24, 2.45) is 0 Å². The van der Waals surface area contributed by atoms with Crippen LogP contribution in [-0.4, -0.2) is 11.5 Å². The lowest BCUT2D eigenvalue weighted by Crippen LogP contribution is -1.99. The summed E-state index contributed by atoms with van der Waals surface area (Å²) in [5.41, 5.74) is 2.47. The molecule has 1 nitrogen and oxygen atoms in total. The molecular formula is C14H14OS2. The Morgan fingerprint density at radius 2 is 2.12 bits per heavy atom. The van der Waals surface area contributed by atoms with Crippen LogP contribution in [0.25, 0.3) is 0 Å². The summed E-state index contributed by atoms with van der Waals surface area (Å²) in [7, 11) is 0. The molecule has 0 amide bonds. The number of benzene rings is 1. The third kappa shape index (κ3) is 3.20. The van der Waals surface area contributed by atoms with E-state index in [9.17, 15) is 4.79 Å². The normalized spacial score (nSPS) is 10.5. The summed E-state index contributed by atoms with van der Waals surface area (Å²) in [5.74, 6) is 0.732. The topological polar surface area (TPSA) is 17.1 Å². The van der Waals surface area contributed by atoms with Crippen LogP contribution in [-0.2, 0) is 0 Å². The van der Waals surface area contributed by atoms with Crippen molar-refractivity contribution >= 4 is 28.9 Å². The highest BCUT2D eigenvalue weighted by molar-refractivity contribution is 8.00. The smallest absolute Gasteiger partial charge is 0.182 e. The molecule has 2 rings (SSSR count). The van der Waals surface area contributed by atoms with Gasteiger partial charge in [-0.15, -0.1) is 23.1 Å². The number of rotatable bonds is 4. The number of thioether (sulfide) groups is 1. The minimum Gasteiger partial charge on any atom is -0.292 e. The highest BCUT2D eigenvalue weighted by atomic mass is 32.2. The molecule has 0 spiro atoms. The van der Waals surface area contributed by atoms with Gasteiger partial charge in [0.1, 0.15) is 0 Å². The van der Waals surface area contributed by atoms with Gasteiger partial charge in [0, 0.05) is 4.90 Å². The third-order valence-corrected chi connectivity index (χ3v) is 4.57. The molecule has 0 atom stereocenters. The van der Waals surface area contributed by atoms with Crippen LogP contribution in [0.3, 0.4) is 0 Å². The molecule has 0 saturated heterocycles. The molecule has 0 radical (unpaired) electrons. The number of thiophene rings is 1. The first-order valence-electron chi connectivity index (χ1n) is 5.43. The fourth-order valence-electron chi connectivity index (χ4n) is 1.51. The second kappa shape index (κ2) is 5.52. The van der Waals surface area contributed by atoms with Gasteiger partial charge in [0.15, 0.2) is 5.78 Å². The van der Waals surface area contributed by atoms with Crippen LogP contribution in [0, 0.1) is 13.8 Å². The number of hydrogen-bond donors (Lipinski definition) is 0. The molecule has 0 aliphatic heterocycles. The largest absolute Gasteiger partial charge is 0.292 e. The van der Waals surface area contributed by atoms with Crippen molar-refractivity contribution in [1.82, 2.24) is 0 Å². The zero-order chi connectivity index (χ0) is 12.3. The third-order valence-electron chi connectivity index (χ3n) is 2.50. The van der Waals surface area contributed by atoms with Crippen molar-refractivity contribution < 1.29 is 4.79 Å². The van der Waals surface area contributed by atoms with Gasteiger partial charge < -0.3 is 0 Å². The average Bonchev–Trinajstić information content (AvgIpc) is 2.83. The molecule has 0 saturated carbocycles. The van der Waals surface area contributed by atoms with E-state index in [0.717, 1.165) is 4.88 Å². The fraction of sp³-hybridized carbons (Fsp3) is 0.214. The molecule has 0 aliphatic rings. The van der Waals surface area contributed by atoms with Crippen molar-refractivity contribution in [3.05, 3.63) is 51.7 Å². The van der Waals surface area contributed by atoms with E-state index in [1.54, 1.807) is 11.8 Å². The quantitative estimate of drug-likeness (QED) is 0.602.